The summed E-state index contributed by atoms with van der Waals surface area (Å²) in [6, 6.07) is 13.2. The first kappa shape index (κ1) is 15.9. The van der Waals surface area contributed by atoms with Crippen LogP contribution in [0.2, 0.25) is 0 Å². The van der Waals surface area contributed by atoms with Crippen LogP contribution in [0.3, 0.4) is 0 Å². The molecule has 0 unspecified atom stereocenters. The van der Waals surface area contributed by atoms with Crippen molar-refractivity contribution in [2.24, 2.45) is 0 Å². The Labute approximate surface area is 131 Å². The number of aryl methyl sites for hydroxylation is 1. The maximum atomic E-state index is 12.1. The van der Waals surface area contributed by atoms with E-state index in [1.165, 1.54) is 0 Å². The first-order chi connectivity index (χ1) is 10.6. The smallest absolute Gasteiger partial charge is 0.164 e. The van der Waals surface area contributed by atoms with Crippen molar-refractivity contribution >= 4 is 11.5 Å². The van der Waals surface area contributed by atoms with E-state index < -0.39 is 0 Å². The molecule has 0 aliphatic carbocycles. The highest BCUT2D eigenvalue weighted by Gasteiger charge is 2.07. The molecule has 4 nitrogen and oxygen atoms in total. The minimum atomic E-state index is 0.125. The number of hydrogen-bond acceptors (Lipinski definition) is 4. The molecule has 0 bridgehead atoms. The van der Waals surface area contributed by atoms with Gasteiger partial charge >= 0.3 is 0 Å². The van der Waals surface area contributed by atoms with Crippen LogP contribution in [0.5, 0.6) is 11.5 Å². The van der Waals surface area contributed by atoms with Gasteiger partial charge < -0.3 is 14.8 Å². The lowest BCUT2D eigenvalue weighted by Gasteiger charge is -2.12. The molecule has 0 heterocycles. The number of carbonyl (C=O) groups is 1. The van der Waals surface area contributed by atoms with E-state index in [9.17, 15) is 4.79 Å². The van der Waals surface area contributed by atoms with E-state index in [0.717, 1.165) is 22.6 Å². The van der Waals surface area contributed by atoms with Gasteiger partial charge in [-0.05, 0) is 19.1 Å². The second-order valence-corrected chi connectivity index (χ2v) is 5.03. The van der Waals surface area contributed by atoms with E-state index >= 15 is 0 Å². The number of anilines is 1. The van der Waals surface area contributed by atoms with E-state index in [1.807, 2.05) is 49.4 Å². The van der Waals surface area contributed by atoms with Gasteiger partial charge in [-0.3, -0.25) is 4.79 Å². The van der Waals surface area contributed by atoms with E-state index in [4.69, 9.17) is 9.47 Å². The Morgan fingerprint density at radius 3 is 2.41 bits per heavy atom. The van der Waals surface area contributed by atoms with Crippen LogP contribution in [0.1, 0.15) is 22.3 Å². The molecule has 1 N–H and O–H groups in total. The van der Waals surface area contributed by atoms with E-state index in [0.29, 0.717) is 18.7 Å². The molecule has 22 heavy (non-hydrogen) atoms. The second-order valence-electron chi connectivity index (χ2n) is 5.03. The van der Waals surface area contributed by atoms with Crippen LogP contribution < -0.4 is 14.8 Å². The summed E-state index contributed by atoms with van der Waals surface area (Å²) in [7, 11) is 3.22. The van der Waals surface area contributed by atoms with Gasteiger partial charge in [-0.2, -0.15) is 0 Å². The SMILES string of the molecule is COc1ccc(NCCC(=O)c2ccc(C)cc2)c(OC)c1. The van der Waals surface area contributed by atoms with Crippen LogP contribution in [-0.4, -0.2) is 26.5 Å². The highest BCUT2D eigenvalue weighted by Crippen LogP contribution is 2.28. The number of nitrogens with one attached hydrogen (secondary N) is 1. The molecule has 2 rings (SSSR count). The van der Waals surface area contributed by atoms with Gasteiger partial charge in [0.15, 0.2) is 5.78 Å². The van der Waals surface area contributed by atoms with Crippen molar-refractivity contribution in [2.75, 3.05) is 26.1 Å². The molecule has 2 aromatic carbocycles. The quantitative estimate of drug-likeness (QED) is 0.792. The number of Topliss-reactive ketones (excluding diaryl/α,β-unsaturated/α-hetero) is 1. The van der Waals surface area contributed by atoms with Gasteiger partial charge in [0.25, 0.3) is 0 Å². The molecular weight excluding hydrogens is 278 g/mol. The molecular formula is C18H21NO3. The molecule has 0 amide bonds. The Morgan fingerprint density at radius 1 is 1.05 bits per heavy atom. The zero-order valence-electron chi connectivity index (χ0n) is 13.2. The topological polar surface area (TPSA) is 47.6 Å². The summed E-state index contributed by atoms with van der Waals surface area (Å²) in [5.74, 6) is 1.56. The lowest BCUT2D eigenvalue weighted by Crippen LogP contribution is -2.09. The third-order valence-corrected chi connectivity index (χ3v) is 3.45. The molecule has 0 saturated heterocycles. The monoisotopic (exact) mass is 299 g/mol. The standard InChI is InChI=1S/C18H21NO3/c1-13-4-6-14(7-5-13)17(20)10-11-19-16-9-8-15(21-2)12-18(16)22-3/h4-9,12,19H,10-11H2,1-3H3. The number of carbonyl (C=O) groups excluding carboxylic acids is 1. The third-order valence-electron chi connectivity index (χ3n) is 3.45. The van der Waals surface area contributed by atoms with Gasteiger partial charge in [0, 0.05) is 24.6 Å². The van der Waals surface area contributed by atoms with Crippen molar-refractivity contribution in [1.29, 1.82) is 0 Å². The minimum Gasteiger partial charge on any atom is -0.497 e. The molecule has 116 valence electrons. The Kier molecular flexibility index (Phi) is 5.42. The predicted molar refractivity (Wildman–Crippen MR) is 88.2 cm³/mol. The van der Waals surface area contributed by atoms with Gasteiger partial charge in [-0.15, -0.1) is 0 Å². The number of rotatable bonds is 7. The van der Waals surface area contributed by atoms with Crippen LogP contribution in [0.4, 0.5) is 5.69 Å². The highest BCUT2D eigenvalue weighted by atomic mass is 16.5. The van der Waals surface area contributed by atoms with Gasteiger partial charge in [0.05, 0.1) is 19.9 Å². The normalized spacial score (nSPS) is 10.1. The van der Waals surface area contributed by atoms with Crippen molar-refractivity contribution in [2.45, 2.75) is 13.3 Å². The molecule has 4 heteroatoms. The Morgan fingerprint density at radius 2 is 1.77 bits per heavy atom. The molecule has 0 aliphatic rings. The fourth-order valence-corrected chi connectivity index (χ4v) is 2.14. The zero-order valence-corrected chi connectivity index (χ0v) is 13.2. The van der Waals surface area contributed by atoms with Crippen LogP contribution in [0.25, 0.3) is 0 Å². The summed E-state index contributed by atoms with van der Waals surface area (Å²) in [6.07, 6.45) is 0.429. The lowest BCUT2D eigenvalue weighted by atomic mass is 10.1. The van der Waals surface area contributed by atoms with Crippen LogP contribution in [0.15, 0.2) is 42.5 Å². The van der Waals surface area contributed by atoms with Crippen molar-refractivity contribution in [3.63, 3.8) is 0 Å². The minimum absolute atomic E-state index is 0.125. The largest absolute Gasteiger partial charge is 0.497 e. The summed E-state index contributed by atoms with van der Waals surface area (Å²) in [5.41, 5.74) is 2.74. The third kappa shape index (κ3) is 4.01. The molecule has 0 saturated carbocycles. The van der Waals surface area contributed by atoms with Gasteiger partial charge in [-0.1, -0.05) is 29.8 Å². The Bertz CT molecular complexity index is 635. The summed E-state index contributed by atoms with van der Waals surface area (Å²) in [5, 5.41) is 3.23. The summed E-state index contributed by atoms with van der Waals surface area (Å²) in [6.45, 7) is 2.56. The predicted octanol–water partition coefficient (Wildman–Crippen LogP) is 3.70. The number of ketones is 1. The maximum absolute atomic E-state index is 12.1. The lowest BCUT2D eigenvalue weighted by molar-refractivity contribution is 0.0986. The average molecular weight is 299 g/mol. The second kappa shape index (κ2) is 7.50. The van der Waals surface area contributed by atoms with E-state index in [1.54, 1.807) is 14.2 Å². The number of hydrogen-bond donors (Lipinski definition) is 1. The van der Waals surface area contributed by atoms with Crippen LogP contribution in [0, 0.1) is 6.92 Å². The summed E-state index contributed by atoms with van der Waals surface area (Å²) >= 11 is 0. The summed E-state index contributed by atoms with van der Waals surface area (Å²) in [4.78, 5) is 12.1. The first-order valence-corrected chi connectivity index (χ1v) is 7.20. The van der Waals surface area contributed by atoms with E-state index in [-0.39, 0.29) is 5.78 Å². The first-order valence-electron chi connectivity index (χ1n) is 7.20. The zero-order chi connectivity index (χ0) is 15.9. The highest BCUT2D eigenvalue weighted by molar-refractivity contribution is 5.96. The molecule has 0 aromatic heterocycles. The van der Waals surface area contributed by atoms with Gasteiger partial charge in [0.2, 0.25) is 0 Å². The van der Waals surface area contributed by atoms with Crippen molar-refractivity contribution in [3.05, 3.63) is 53.6 Å². The van der Waals surface area contributed by atoms with Crippen molar-refractivity contribution in [3.8, 4) is 11.5 Å². The average Bonchev–Trinajstić information content (AvgIpc) is 2.55. The van der Waals surface area contributed by atoms with Crippen molar-refractivity contribution < 1.29 is 14.3 Å². The Balaban J connectivity index is 1.93. The van der Waals surface area contributed by atoms with Gasteiger partial charge in [-0.25, -0.2) is 0 Å². The molecule has 2 aromatic rings. The number of benzene rings is 2. The molecule has 0 fully saturated rings. The van der Waals surface area contributed by atoms with Crippen LogP contribution >= 0.6 is 0 Å². The maximum Gasteiger partial charge on any atom is 0.164 e. The summed E-state index contributed by atoms with van der Waals surface area (Å²) < 4.78 is 10.5. The fraction of sp³-hybridized carbons (Fsp3) is 0.278. The van der Waals surface area contributed by atoms with Crippen LogP contribution in [-0.2, 0) is 0 Å². The molecule has 0 spiro atoms. The van der Waals surface area contributed by atoms with Gasteiger partial charge in [0.1, 0.15) is 11.5 Å². The number of methoxy groups -OCH3 is 2. The number of ether oxygens (including phenoxy) is 2. The fourth-order valence-electron chi connectivity index (χ4n) is 2.14. The van der Waals surface area contributed by atoms with Crippen molar-refractivity contribution in [1.82, 2.24) is 0 Å². The molecule has 0 aliphatic heterocycles. The van der Waals surface area contributed by atoms with E-state index in [2.05, 4.69) is 5.32 Å². The Hall–Kier alpha value is -2.49. The molecule has 0 atom stereocenters. The molecule has 0 radical (unpaired) electrons.